The number of halogens is 2. The first kappa shape index (κ1) is 11.5. The average Bonchev–Trinajstić information content (AvgIpc) is 1.98. The number of hydrogen-bond acceptors (Lipinski definition) is 2. The molecule has 4 heteroatoms. The normalized spacial score (nSPS) is 11.7. The molecule has 0 aromatic heterocycles. The Morgan fingerprint density at radius 2 is 2.08 bits per heavy atom. The molecular weight excluding hydrogens is 166 g/mol. The van der Waals surface area contributed by atoms with E-state index in [4.69, 9.17) is 0 Å². The van der Waals surface area contributed by atoms with Gasteiger partial charge in [0.05, 0.1) is 0 Å². The van der Waals surface area contributed by atoms with Crippen molar-refractivity contribution in [3.8, 4) is 0 Å². The third kappa shape index (κ3) is 6.22. The van der Waals surface area contributed by atoms with Crippen LogP contribution in [0.25, 0.3) is 0 Å². The fraction of sp³-hybridized carbons (Fsp3) is 0.875. The molecule has 0 unspecified atom stereocenters. The maximum absolute atomic E-state index is 12.7. The number of hydrogen-bond donors (Lipinski definition) is 0. The van der Waals surface area contributed by atoms with Crippen molar-refractivity contribution >= 4 is 5.78 Å². The molecular formula is C8H14F2O2. The molecule has 0 atom stereocenters. The Morgan fingerprint density at radius 1 is 1.50 bits per heavy atom. The van der Waals surface area contributed by atoms with Crippen molar-refractivity contribution in [3.05, 3.63) is 0 Å². The van der Waals surface area contributed by atoms with Crippen LogP contribution in [0.3, 0.4) is 0 Å². The monoisotopic (exact) mass is 180 g/mol. The Morgan fingerprint density at radius 3 is 2.50 bits per heavy atom. The van der Waals surface area contributed by atoms with Crippen LogP contribution < -0.4 is 0 Å². The Balaban J connectivity index is 3.63. The van der Waals surface area contributed by atoms with Crippen LogP contribution in [0.4, 0.5) is 8.78 Å². The highest BCUT2D eigenvalue weighted by Crippen LogP contribution is 2.20. The van der Waals surface area contributed by atoms with Gasteiger partial charge in [-0.3, -0.25) is 0 Å². The van der Waals surface area contributed by atoms with Gasteiger partial charge in [-0.25, -0.2) is 8.78 Å². The Labute approximate surface area is 70.9 Å². The average molecular weight is 180 g/mol. The molecule has 0 aliphatic rings. The Hall–Kier alpha value is -0.510. The van der Waals surface area contributed by atoms with E-state index in [1.807, 2.05) is 0 Å². The van der Waals surface area contributed by atoms with E-state index in [-0.39, 0.29) is 18.8 Å². The fourth-order valence-corrected chi connectivity index (χ4v) is 0.682. The van der Waals surface area contributed by atoms with Gasteiger partial charge in [0.15, 0.2) is 0 Å². The molecule has 12 heavy (non-hydrogen) atoms. The summed E-state index contributed by atoms with van der Waals surface area (Å²) in [7, 11) is 0. The second kappa shape index (κ2) is 5.19. The first-order chi connectivity index (χ1) is 5.48. The predicted octanol–water partition coefficient (Wildman–Crippen LogP) is 2.03. The molecule has 0 fully saturated rings. The highest BCUT2D eigenvalue weighted by atomic mass is 19.3. The lowest BCUT2D eigenvalue weighted by molar-refractivity contribution is -0.121. The molecule has 0 aliphatic heterocycles. The van der Waals surface area contributed by atoms with E-state index < -0.39 is 19.0 Å². The zero-order chi connectivity index (χ0) is 9.61. The predicted molar refractivity (Wildman–Crippen MR) is 41.4 cm³/mol. The minimum Gasteiger partial charge on any atom is -0.375 e. The molecule has 0 heterocycles. The van der Waals surface area contributed by atoms with Gasteiger partial charge in [-0.1, -0.05) is 0 Å². The molecule has 0 aromatic rings. The number of alkyl halides is 2. The smallest absolute Gasteiger partial charge is 0.271 e. The number of Topliss-reactive ketones (excluding diaryl/α,β-unsaturated/α-hetero) is 1. The number of carbonyl (C=O) groups excluding carboxylic acids is 1. The summed E-state index contributed by atoms with van der Waals surface area (Å²) in [4.78, 5) is 10.4. The maximum atomic E-state index is 12.7. The number of ether oxygens (including phenoxy) is 1. The van der Waals surface area contributed by atoms with E-state index in [0.717, 1.165) is 0 Å². The van der Waals surface area contributed by atoms with Crippen molar-refractivity contribution in [2.75, 3.05) is 13.2 Å². The lowest BCUT2D eigenvalue weighted by Gasteiger charge is -2.14. The minimum atomic E-state index is -2.86. The van der Waals surface area contributed by atoms with Crippen LogP contribution in [-0.4, -0.2) is 24.9 Å². The standard InChI is InChI=1S/C8H14F2O2/c1-3-12-6-8(9,10)5-4-7(2)11/h3-6H2,1-2H3. The third-order valence-electron chi connectivity index (χ3n) is 1.36. The second-order valence-corrected chi connectivity index (χ2v) is 2.70. The summed E-state index contributed by atoms with van der Waals surface area (Å²) in [5, 5.41) is 0. The van der Waals surface area contributed by atoms with Crippen molar-refractivity contribution in [3.63, 3.8) is 0 Å². The van der Waals surface area contributed by atoms with Crippen LogP contribution in [0, 0.1) is 0 Å². The number of carbonyl (C=O) groups is 1. The van der Waals surface area contributed by atoms with Crippen molar-refractivity contribution < 1.29 is 18.3 Å². The van der Waals surface area contributed by atoms with Crippen LogP contribution in [0.15, 0.2) is 0 Å². The van der Waals surface area contributed by atoms with Crippen molar-refractivity contribution in [1.82, 2.24) is 0 Å². The molecule has 0 amide bonds. The van der Waals surface area contributed by atoms with Gasteiger partial charge >= 0.3 is 0 Å². The zero-order valence-corrected chi connectivity index (χ0v) is 7.40. The highest BCUT2D eigenvalue weighted by molar-refractivity contribution is 5.75. The molecule has 0 saturated carbocycles. The molecule has 0 rings (SSSR count). The third-order valence-corrected chi connectivity index (χ3v) is 1.36. The summed E-state index contributed by atoms with van der Waals surface area (Å²) < 4.78 is 30.0. The quantitative estimate of drug-likeness (QED) is 0.625. The topological polar surface area (TPSA) is 26.3 Å². The lowest BCUT2D eigenvalue weighted by atomic mass is 10.1. The van der Waals surface area contributed by atoms with Gasteiger partial charge in [-0.2, -0.15) is 0 Å². The molecule has 72 valence electrons. The van der Waals surface area contributed by atoms with E-state index in [9.17, 15) is 13.6 Å². The van der Waals surface area contributed by atoms with Gasteiger partial charge < -0.3 is 9.53 Å². The lowest BCUT2D eigenvalue weighted by Crippen LogP contribution is -2.24. The SMILES string of the molecule is CCOCC(F)(F)CCC(C)=O. The summed E-state index contributed by atoms with van der Waals surface area (Å²) >= 11 is 0. The van der Waals surface area contributed by atoms with Crippen molar-refractivity contribution in [1.29, 1.82) is 0 Å². The summed E-state index contributed by atoms with van der Waals surface area (Å²) in [6, 6.07) is 0. The summed E-state index contributed by atoms with van der Waals surface area (Å²) in [6.45, 7) is 2.64. The highest BCUT2D eigenvalue weighted by Gasteiger charge is 2.28. The van der Waals surface area contributed by atoms with Gasteiger partial charge in [-0.05, 0) is 13.8 Å². The maximum Gasteiger partial charge on any atom is 0.271 e. The minimum absolute atomic E-state index is 0.0833. The molecule has 0 bridgehead atoms. The molecule has 2 nitrogen and oxygen atoms in total. The van der Waals surface area contributed by atoms with E-state index >= 15 is 0 Å². The Bertz CT molecular complexity index is 146. The molecule has 0 N–H and O–H groups in total. The van der Waals surface area contributed by atoms with Crippen LogP contribution >= 0.6 is 0 Å². The number of ketones is 1. The van der Waals surface area contributed by atoms with Crippen molar-refractivity contribution in [2.24, 2.45) is 0 Å². The van der Waals surface area contributed by atoms with Gasteiger partial charge in [-0.15, -0.1) is 0 Å². The Kier molecular flexibility index (Phi) is 4.97. The summed E-state index contributed by atoms with van der Waals surface area (Å²) in [5.74, 6) is -3.08. The van der Waals surface area contributed by atoms with Gasteiger partial charge in [0.2, 0.25) is 0 Å². The summed E-state index contributed by atoms with van der Waals surface area (Å²) in [6.07, 6.45) is -0.498. The molecule has 0 aromatic carbocycles. The van der Waals surface area contributed by atoms with Gasteiger partial charge in [0, 0.05) is 19.4 Å². The molecule has 0 radical (unpaired) electrons. The van der Waals surface area contributed by atoms with Crippen LogP contribution in [-0.2, 0) is 9.53 Å². The van der Waals surface area contributed by atoms with Crippen molar-refractivity contribution in [2.45, 2.75) is 32.6 Å². The first-order valence-corrected chi connectivity index (χ1v) is 3.93. The van der Waals surface area contributed by atoms with Gasteiger partial charge in [0.25, 0.3) is 5.92 Å². The molecule has 0 aliphatic carbocycles. The van der Waals surface area contributed by atoms with Crippen LogP contribution in [0.2, 0.25) is 0 Å². The second-order valence-electron chi connectivity index (χ2n) is 2.70. The zero-order valence-electron chi connectivity index (χ0n) is 7.40. The van der Waals surface area contributed by atoms with E-state index in [0.29, 0.717) is 0 Å². The number of rotatable bonds is 6. The fourth-order valence-electron chi connectivity index (χ4n) is 0.682. The summed E-state index contributed by atoms with van der Waals surface area (Å²) in [5.41, 5.74) is 0. The van der Waals surface area contributed by atoms with Gasteiger partial charge in [0.1, 0.15) is 12.4 Å². The van der Waals surface area contributed by atoms with Crippen LogP contribution in [0.5, 0.6) is 0 Å². The largest absolute Gasteiger partial charge is 0.375 e. The van der Waals surface area contributed by atoms with E-state index in [1.54, 1.807) is 6.92 Å². The first-order valence-electron chi connectivity index (χ1n) is 3.93. The van der Waals surface area contributed by atoms with Crippen LogP contribution in [0.1, 0.15) is 26.7 Å². The van der Waals surface area contributed by atoms with E-state index in [1.165, 1.54) is 6.92 Å². The molecule has 0 spiro atoms. The molecule has 0 saturated heterocycles. The van der Waals surface area contributed by atoms with E-state index in [2.05, 4.69) is 4.74 Å².